The summed E-state index contributed by atoms with van der Waals surface area (Å²) in [6, 6.07) is 15.4. The zero-order chi connectivity index (χ0) is 15.0. The Morgan fingerprint density at radius 1 is 0.952 bits per heavy atom. The SMILES string of the molecule is CC(C)(C)c1cccc2c3ccccc3n(CCCCl)c12. The second-order valence-corrected chi connectivity index (χ2v) is 7.04. The first kappa shape index (κ1) is 14.5. The molecule has 0 aliphatic heterocycles. The number of halogens is 1. The van der Waals surface area contributed by atoms with E-state index in [1.165, 1.54) is 27.4 Å². The minimum absolute atomic E-state index is 0.132. The number of rotatable bonds is 3. The van der Waals surface area contributed by atoms with Crippen molar-refractivity contribution in [3.8, 4) is 0 Å². The number of benzene rings is 2. The molecule has 0 N–H and O–H groups in total. The van der Waals surface area contributed by atoms with Crippen LogP contribution in [0.3, 0.4) is 0 Å². The fraction of sp³-hybridized carbons (Fsp3) is 0.368. The van der Waals surface area contributed by atoms with Crippen molar-refractivity contribution in [2.75, 3.05) is 5.88 Å². The number of hydrogen-bond donors (Lipinski definition) is 0. The highest BCUT2D eigenvalue weighted by atomic mass is 35.5. The molecule has 1 nitrogen and oxygen atoms in total. The molecule has 0 fully saturated rings. The Morgan fingerprint density at radius 2 is 1.67 bits per heavy atom. The molecule has 0 bridgehead atoms. The molecule has 0 radical (unpaired) electrons. The minimum atomic E-state index is 0.132. The lowest BCUT2D eigenvalue weighted by atomic mass is 9.85. The lowest BCUT2D eigenvalue weighted by Crippen LogP contribution is -2.13. The van der Waals surface area contributed by atoms with Crippen LogP contribution in [0.25, 0.3) is 21.8 Å². The highest BCUT2D eigenvalue weighted by Crippen LogP contribution is 2.36. The monoisotopic (exact) mass is 299 g/mol. The molecule has 0 aliphatic rings. The van der Waals surface area contributed by atoms with Crippen LogP contribution in [0.2, 0.25) is 0 Å². The zero-order valence-electron chi connectivity index (χ0n) is 13.0. The summed E-state index contributed by atoms with van der Waals surface area (Å²) in [7, 11) is 0. The Bertz CT molecular complexity index is 777. The molecule has 0 atom stereocenters. The van der Waals surface area contributed by atoms with E-state index in [1.54, 1.807) is 0 Å². The van der Waals surface area contributed by atoms with Crippen LogP contribution >= 0.6 is 11.6 Å². The van der Waals surface area contributed by atoms with E-state index in [-0.39, 0.29) is 5.41 Å². The number of nitrogens with zero attached hydrogens (tertiary/aromatic N) is 1. The number of hydrogen-bond acceptors (Lipinski definition) is 0. The molecule has 2 heteroatoms. The van der Waals surface area contributed by atoms with Gasteiger partial charge in [0.25, 0.3) is 0 Å². The van der Waals surface area contributed by atoms with Gasteiger partial charge in [-0.25, -0.2) is 0 Å². The van der Waals surface area contributed by atoms with Gasteiger partial charge < -0.3 is 4.57 Å². The van der Waals surface area contributed by atoms with Crippen LogP contribution in [-0.4, -0.2) is 10.4 Å². The summed E-state index contributed by atoms with van der Waals surface area (Å²) in [5.74, 6) is 0.700. The van der Waals surface area contributed by atoms with E-state index in [4.69, 9.17) is 11.6 Å². The summed E-state index contributed by atoms with van der Waals surface area (Å²) < 4.78 is 2.45. The van der Waals surface area contributed by atoms with Crippen molar-refractivity contribution in [2.45, 2.75) is 39.2 Å². The van der Waals surface area contributed by atoms with E-state index < -0.39 is 0 Å². The molecule has 2 aromatic carbocycles. The summed E-state index contributed by atoms with van der Waals surface area (Å²) in [6.07, 6.45) is 0.994. The predicted molar refractivity (Wildman–Crippen MR) is 93.5 cm³/mol. The second-order valence-electron chi connectivity index (χ2n) is 6.66. The Balaban J connectivity index is 2.42. The van der Waals surface area contributed by atoms with Gasteiger partial charge in [0.15, 0.2) is 0 Å². The number of aromatic nitrogens is 1. The maximum absolute atomic E-state index is 5.94. The Kier molecular flexibility index (Phi) is 3.71. The smallest absolute Gasteiger partial charge is 0.0529 e. The normalized spacial score (nSPS) is 12.4. The molecule has 0 spiro atoms. The summed E-state index contributed by atoms with van der Waals surface area (Å²) in [6.45, 7) is 7.82. The molecule has 1 heterocycles. The molecular formula is C19H22ClN. The predicted octanol–water partition coefficient (Wildman–Crippen LogP) is 5.72. The van der Waals surface area contributed by atoms with Crippen LogP contribution in [-0.2, 0) is 12.0 Å². The average Bonchev–Trinajstić information content (AvgIpc) is 2.78. The van der Waals surface area contributed by atoms with Crippen LogP contribution in [0.5, 0.6) is 0 Å². The highest BCUT2D eigenvalue weighted by molar-refractivity contribution is 6.17. The van der Waals surface area contributed by atoms with Crippen LogP contribution < -0.4 is 0 Å². The molecule has 0 saturated heterocycles. The van der Waals surface area contributed by atoms with Crippen molar-refractivity contribution >= 4 is 33.4 Å². The summed E-state index contributed by atoms with van der Waals surface area (Å²) in [4.78, 5) is 0. The number of para-hydroxylation sites is 2. The van der Waals surface area contributed by atoms with E-state index in [9.17, 15) is 0 Å². The van der Waals surface area contributed by atoms with Crippen molar-refractivity contribution in [3.05, 3.63) is 48.0 Å². The lowest BCUT2D eigenvalue weighted by Gasteiger charge is -2.22. The first-order valence-corrected chi connectivity index (χ1v) is 8.14. The zero-order valence-corrected chi connectivity index (χ0v) is 13.7. The Labute approximate surface area is 131 Å². The van der Waals surface area contributed by atoms with Gasteiger partial charge in [-0.1, -0.05) is 57.2 Å². The van der Waals surface area contributed by atoms with Gasteiger partial charge in [0.2, 0.25) is 0 Å². The number of aryl methyl sites for hydroxylation is 1. The van der Waals surface area contributed by atoms with Crippen LogP contribution in [0.4, 0.5) is 0 Å². The van der Waals surface area contributed by atoms with Crippen molar-refractivity contribution in [3.63, 3.8) is 0 Å². The maximum Gasteiger partial charge on any atom is 0.0529 e. The van der Waals surface area contributed by atoms with Gasteiger partial charge in [-0.15, -0.1) is 11.6 Å². The molecule has 0 saturated carbocycles. The van der Waals surface area contributed by atoms with Gasteiger partial charge in [0.1, 0.15) is 0 Å². The quantitative estimate of drug-likeness (QED) is 0.545. The van der Waals surface area contributed by atoms with Gasteiger partial charge in [0.05, 0.1) is 5.52 Å². The second kappa shape index (κ2) is 5.38. The molecule has 3 rings (SSSR count). The Hall–Kier alpha value is -1.47. The van der Waals surface area contributed by atoms with Gasteiger partial charge in [-0.2, -0.15) is 0 Å². The van der Waals surface area contributed by atoms with Crippen molar-refractivity contribution in [1.82, 2.24) is 4.57 Å². The van der Waals surface area contributed by atoms with Crippen LogP contribution in [0.1, 0.15) is 32.8 Å². The average molecular weight is 300 g/mol. The topological polar surface area (TPSA) is 4.93 Å². The van der Waals surface area contributed by atoms with Gasteiger partial charge in [0, 0.05) is 28.7 Å². The van der Waals surface area contributed by atoms with Crippen molar-refractivity contribution in [1.29, 1.82) is 0 Å². The lowest BCUT2D eigenvalue weighted by molar-refractivity contribution is 0.590. The maximum atomic E-state index is 5.94. The fourth-order valence-electron chi connectivity index (χ4n) is 3.16. The molecule has 3 aromatic rings. The van der Waals surface area contributed by atoms with E-state index in [2.05, 4.69) is 67.8 Å². The van der Waals surface area contributed by atoms with Crippen LogP contribution in [0, 0.1) is 0 Å². The molecule has 1 aromatic heterocycles. The van der Waals surface area contributed by atoms with E-state index >= 15 is 0 Å². The minimum Gasteiger partial charge on any atom is -0.340 e. The third-order valence-electron chi connectivity index (χ3n) is 4.11. The largest absolute Gasteiger partial charge is 0.340 e. The molecular weight excluding hydrogens is 278 g/mol. The van der Waals surface area contributed by atoms with Gasteiger partial charge >= 0.3 is 0 Å². The van der Waals surface area contributed by atoms with Crippen LogP contribution in [0.15, 0.2) is 42.5 Å². The fourth-order valence-corrected chi connectivity index (χ4v) is 3.28. The van der Waals surface area contributed by atoms with Gasteiger partial charge in [-0.05, 0) is 23.5 Å². The highest BCUT2D eigenvalue weighted by Gasteiger charge is 2.21. The number of fused-ring (bicyclic) bond motifs is 3. The molecule has 21 heavy (non-hydrogen) atoms. The first-order chi connectivity index (χ1) is 10.0. The van der Waals surface area contributed by atoms with E-state index in [0.29, 0.717) is 5.88 Å². The van der Waals surface area contributed by atoms with Crippen molar-refractivity contribution < 1.29 is 0 Å². The third-order valence-corrected chi connectivity index (χ3v) is 4.38. The molecule has 0 aliphatic carbocycles. The molecule has 110 valence electrons. The van der Waals surface area contributed by atoms with E-state index in [0.717, 1.165) is 13.0 Å². The summed E-state index contributed by atoms with van der Waals surface area (Å²) >= 11 is 5.94. The molecule has 0 amide bonds. The summed E-state index contributed by atoms with van der Waals surface area (Å²) in [5.41, 5.74) is 4.23. The van der Waals surface area contributed by atoms with Gasteiger partial charge in [-0.3, -0.25) is 0 Å². The molecule has 0 unspecified atom stereocenters. The third kappa shape index (κ3) is 2.44. The van der Waals surface area contributed by atoms with E-state index in [1.807, 2.05) is 0 Å². The standard InChI is InChI=1S/C19H22ClN/c1-19(2,3)16-10-6-9-15-14-8-4-5-11-17(14)21(18(15)16)13-7-12-20/h4-6,8-11H,7,12-13H2,1-3H3. The summed E-state index contributed by atoms with van der Waals surface area (Å²) in [5, 5.41) is 2.70. The number of alkyl halides is 1. The Morgan fingerprint density at radius 3 is 2.38 bits per heavy atom. The first-order valence-electron chi connectivity index (χ1n) is 7.60. The van der Waals surface area contributed by atoms with Crippen molar-refractivity contribution in [2.24, 2.45) is 0 Å².